The first-order valence-electron chi connectivity index (χ1n) is 14.4. The van der Waals surface area contributed by atoms with Gasteiger partial charge in [0, 0.05) is 37.6 Å². The van der Waals surface area contributed by atoms with Crippen LogP contribution in [0.5, 0.6) is 0 Å². The number of nitrogens with one attached hydrogen (secondary N) is 2. The smallest absolute Gasteiger partial charge is 0.245 e. The Morgan fingerprint density at radius 1 is 1.15 bits per heavy atom. The van der Waals surface area contributed by atoms with Crippen LogP contribution in [0.15, 0.2) is 30.3 Å². The van der Waals surface area contributed by atoms with E-state index in [1.54, 1.807) is 4.90 Å². The van der Waals surface area contributed by atoms with Crippen LogP contribution in [0.25, 0.3) is 0 Å². The fourth-order valence-corrected chi connectivity index (χ4v) is 7.98. The van der Waals surface area contributed by atoms with Gasteiger partial charge in [-0.05, 0) is 24.3 Å². The van der Waals surface area contributed by atoms with Gasteiger partial charge in [-0.1, -0.05) is 60.1 Å². The van der Waals surface area contributed by atoms with Crippen molar-refractivity contribution >= 4 is 33.7 Å². The van der Waals surface area contributed by atoms with E-state index in [0.717, 1.165) is 18.7 Å². The predicted molar refractivity (Wildman–Crippen MR) is 151 cm³/mol. The van der Waals surface area contributed by atoms with E-state index in [2.05, 4.69) is 31.5 Å². The van der Waals surface area contributed by atoms with Crippen molar-refractivity contribution in [1.82, 2.24) is 20.4 Å². The maximum atomic E-state index is 14.2. The van der Waals surface area contributed by atoms with Crippen molar-refractivity contribution in [1.29, 1.82) is 0 Å². The van der Waals surface area contributed by atoms with E-state index < -0.39 is 35.6 Å². The molecule has 3 unspecified atom stereocenters. The lowest BCUT2D eigenvalue weighted by atomic mass is 9.70. The van der Waals surface area contributed by atoms with Gasteiger partial charge in [0.25, 0.3) is 0 Å². The molecule has 11 heteroatoms. The van der Waals surface area contributed by atoms with Gasteiger partial charge in [0.1, 0.15) is 11.6 Å². The number of carbonyl (C=O) groups is 3. The summed E-state index contributed by atoms with van der Waals surface area (Å²) in [5.41, 5.74) is -0.183. The van der Waals surface area contributed by atoms with Crippen molar-refractivity contribution < 1.29 is 29.0 Å². The number of fused-ring (bicyclic) bond motifs is 1. The molecule has 7 atom stereocenters. The van der Waals surface area contributed by atoms with Crippen molar-refractivity contribution in [2.45, 2.75) is 61.8 Å². The highest BCUT2D eigenvalue weighted by atomic mass is 79.9. The molecule has 220 valence electrons. The predicted octanol–water partition coefficient (Wildman–Crippen LogP) is 0.906. The molecule has 10 nitrogen and oxygen atoms in total. The zero-order chi connectivity index (χ0) is 28.4. The number of alkyl halides is 1. The Kier molecular flexibility index (Phi) is 9.16. The molecular formula is C29H41BrN4O6. The fourth-order valence-electron chi connectivity index (χ4n) is 7.04. The molecule has 40 heavy (non-hydrogen) atoms. The second kappa shape index (κ2) is 12.4. The molecule has 4 fully saturated rings. The Labute approximate surface area is 244 Å². The van der Waals surface area contributed by atoms with E-state index in [1.165, 1.54) is 0 Å². The number of benzene rings is 1. The highest BCUT2D eigenvalue weighted by molar-refractivity contribution is 9.09. The zero-order valence-electron chi connectivity index (χ0n) is 23.3. The zero-order valence-corrected chi connectivity index (χ0v) is 24.8. The molecule has 4 saturated heterocycles. The largest absolute Gasteiger partial charge is 0.394 e. The number of aliphatic hydroxyl groups excluding tert-OH is 1. The Morgan fingerprint density at radius 3 is 2.55 bits per heavy atom. The average Bonchev–Trinajstić information content (AvgIpc) is 3.54. The maximum Gasteiger partial charge on any atom is 0.245 e. The summed E-state index contributed by atoms with van der Waals surface area (Å²) in [6, 6.07) is 8.13. The first kappa shape index (κ1) is 29.4. The molecule has 3 amide bonds. The van der Waals surface area contributed by atoms with E-state index in [0.29, 0.717) is 45.7 Å². The van der Waals surface area contributed by atoms with Crippen molar-refractivity contribution in [3.8, 4) is 0 Å². The molecule has 4 heterocycles. The number of amides is 3. The lowest BCUT2D eigenvalue weighted by Crippen LogP contribution is -2.59. The Hall–Kier alpha value is -2.05. The van der Waals surface area contributed by atoms with Gasteiger partial charge in [-0.15, -0.1) is 0 Å². The minimum absolute atomic E-state index is 0.176. The lowest BCUT2D eigenvalue weighted by molar-refractivity contribution is -0.146. The number of hydrogen-bond acceptors (Lipinski definition) is 7. The van der Waals surface area contributed by atoms with Gasteiger partial charge >= 0.3 is 0 Å². The number of aliphatic hydroxyl groups is 1. The first-order valence-corrected chi connectivity index (χ1v) is 15.3. The van der Waals surface area contributed by atoms with Crippen molar-refractivity contribution in [3.05, 3.63) is 35.9 Å². The Balaban J connectivity index is 1.40. The molecule has 0 aromatic heterocycles. The van der Waals surface area contributed by atoms with Crippen LogP contribution >= 0.6 is 15.9 Å². The minimum Gasteiger partial charge on any atom is -0.394 e. The molecule has 3 N–H and O–H groups in total. The van der Waals surface area contributed by atoms with Crippen molar-refractivity contribution in [3.63, 3.8) is 0 Å². The van der Waals surface area contributed by atoms with Crippen LogP contribution in [-0.4, -0.2) is 107 Å². The molecular weight excluding hydrogens is 580 g/mol. The average molecular weight is 622 g/mol. The van der Waals surface area contributed by atoms with Crippen LogP contribution in [0, 0.1) is 17.8 Å². The summed E-state index contributed by atoms with van der Waals surface area (Å²) >= 11 is 3.71. The number of nitrogens with zero attached hydrogens (tertiary/aromatic N) is 2. The molecule has 0 saturated carbocycles. The third-order valence-electron chi connectivity index (χ3n) is 8.77. The summed E-state index contributed by atoms with van der Waals surface area (Å²) in [7, 11) is 0. The third-order valence-corrected chi connectivity index (χ3v) is 9.61. The topological polar surface area (TPSA) is 120 Å². The summed E-state index contributed by atoms with van der Waals surface area (Å²) in [6.07, 6.45) is 0.455. The van der Waals surface area contributed by atoms with Gasteiger partial charge in [0.05, 0.1) is 43.8 Å². The number of ether oxygens (including phenoxy) is 2. The number of morpholine rings is 1. The summed E-state index contributed by atoms with van der Waals surface area (Å²) in [5.74, 6) is -2.17. The van der Waals surface area contributed by atoms with E-state index in [1.807, 2.05) is 44.2 Å². The maximum absolute atomic E-state index is 14.2. The van der Waals surface area contributed by atoms with Gasteiger partial charge in [-0.3, -0.25) is 19.3 Å². The first-order chi connectivity index (χ1) is 19.3. The van der Waals surface area contributed by atoms with Crippen LogP contribution in [0.1, 0.15) is 32.3 Å². The number of carbonyl (C=O) groups excluding carboxylic acids is 3. The number of rotatable bonds is 11. The third kappa shape index (κ3) is 5.55. The van der Waals surface area contributed by atoms with Crippen LogP contribution in [0.4, 0.5) is 0 Å². The van der Waals surface area contributed by atoms with Crippen molar-refractivity contribution in [2.24, 2.45) is 17.8 Å². The lowest BCUT2D eigenvalue weighted by Gasteiger charge is -2.37. The van der Waals surface area contributed by atoms with Crippen LogP contribution in [-0.2, 0) is 30.4 Å². The summed E-state index contributed by atoms with van der Waals surface area (Å²) in [6.45, 7) is 8.19. The van der Waals surface area contributed by atoms with Gasteiger partial charge in [-0.25, -0.2) is 0 Å². The monoisotopic (exact) mass is 620 g/mol. The van der Waals surface area contributed by atoms with Gasteiger partial charge in [-0.2, -0.15) is 0 Å². The highest BCUT2D eigenvalue weighted by Crippen LogP contribution is 2.60. The van der Waals surface area contributed by atoms with E-state index >= 15 is 0 Å². The van der Waals surface area contributed by atoms with E-state index in [4.69, 9.17) is 9.47 Å². The summed E-state index contributed by atoms with van der Waals surface area (Å²) in [5, 5.41) is 16.5. The molecule has 5 rings (SSSR count). The SMILES string of the molecule is CC(C)C[C@H](CO)N1C(=O)[C@@H]2[C@H](C(=O)NCc3ccccc3)[C@H]3OC2(CC3Br)C1C(=O)NCCN1CCOCC1. The fraction of sp³-hybridized carbons (Fsp3) is 0.690. The van der Waals surface area contributed by atoms with Crippen molar-refractivity contribution in [2.75, 3.05) is 46.0 Å². The quantitative estimate of drug-likeness (QED) is 0.315. The Bertz CT molecular complexity index is 1070. The molecule has 4 aliphatic rings. The standard InChI is InChI=1S/C29H41BrN4O6/c1-18(2)14-20(17-35)34-25(27(37)31-8-9-33-10-12-39-13-11-33)29-15-21(30)24(40-29)22(23(29)28(34)38)26(36)32-16-19-6-4-3-5-7-19/h3-7,18,20-25,35H,8-17H2,1-2H3,(H,31,37)(H,32,36)/t20-,21?,22+,23+,24+,25?,29?/m1/s1. The van der Waals surface area contributed by atoms with Crippen LogP contribution in [0.2, 0.25) is 0 Å². The minimum atomic E-state index is -1.14. The van der Waals surface area contributed by atoms with Crippen LogP contribution in [0.3, 0.4) is 0 Å². The number of likely N-dealkylation sites (tertiary alicyclic amines) is 1. The summed E-state index contributed by atoms with van der Waals surface area (Å²) < 4.78 is 12.0. The number of hydrogen-bond donors (Lipinski definition) is 3. The van der Waals surface area contributed by atoms with Crippen LogP contribution < -0.4 is 10.6 Å². The molecule has 4 aliphatic heterocycles. The molecule has 1 aromatic carbocycles. The van der Waals surface area contributed by atoms with E-state index in [9.17, 15) is 19.5 Å². The normalized spacial score (nSPS) is 32.4. The second-order valence-electron chi connectivity index (χ2n) is 11.8. The molecule has 2 bridgehead atoms. The molecule has 0 aliphatic carbocycles. The molecule has 0 radical (unpaired) electrons. The van der Waals surface area contributed by atoms with Gasteiger partial charge in [0.15, 0.2) is 0 Å². The Morgan fingerprint density at radius 2 is 1.88 bits per heavy atom. The highest BCUT2D eigenvalue weighted by Gasteiger charge is 2.77. The number of halogens is 1. The second-order valence-corrected chi connectivity index (χ2v) is 13.0. The van der Waals surface area contributed by atoms with Gasteiger partial charge in [0.2, 0.25) is 17.7 Å². The molecule has 1 aromatic rings. The molecule has 1 spiro atoms. The summed E-state index contributed by atoms with van der Waals surface area (Å²) in [4.78, 5) is 45.4. The van der Waals surface area contributed by atoms with Gasteiger partial charge < -0.3 is 30.1 Å². The van der Waals surface area contributed by atoms with E-state index in [-0.39, 0.29) is 35.1 Å².